The summed E-state index contributed by atoms with van der Waals surface area (Å²) in [5.41, 5.74) is 8.93. The van der Waals surface area contributed by atoms with Crippen LogP contribution in [0.4, 0.5) is 5.95 Å². The fraction of sp³-hybridized carbons (Fsp3) is 0.385. The molecule has 3 rings (SSSR count). The van der Waals surface area contributed by atoms with Gasteiger partial charge in [-0.2, -0.15) is 0 Å². The molecule has 0 atom stereocenters. The van der Waals surface area contributed by atoms with E-state index in [1.165, 1.54) is 0 Å². The molecule has 4 N–H and O–H groups in total. The number of ether oxygens (including phenoxy) is 1. The second-order valence-corrected chi connectivity index (χ2v) is 4.64. The number of anilines is 1. The second kappa shape index (κ2) is 5.01. The molecule has 7 heteroatoms. The van der Waals surface area contributed by atoms with Crippen molar-refractivity contribution in [2.24, 2.45) is 0 Å². The lowest BCUT2D eigenvalue weighted by atomic mass is 10.2. The molecule has 0 aliphatic rings. The highest BCUT2D eigenvalue weighted by atomic mass is 16.5. The first-order valence-corrected chi connectivity index (χ1v) is 6.64. The quantitative estimate of drug-likeness (QED) is 0.609. The van der Waals surface area contributed by atoms with Gasteiger partial charge in [0.05, 0.1) is 22.1 Å². The first-order chi connectivity index (χ1) is 9.69. The van der Waals surface area contributed by atoms with E-state index < -0.39 is 0 Å². The Morgan fingerprint density at radius 2 is 2.10 bits per heavy atom. The van der Waals surface area contributed by atoms with Crippen LogP contribution < -0.4 is 11.4 Å². The molecule has 0 radical (unpaired) electrons. The van der Waals surface area contributed by atoms with Crippen molar-refractivity contribution in [2.45, 2.75) is 19.9 Å². The molecule has 0 saturated carbocycles. The third-order valence-corrected chi connectivity index (χ3v) is 3.29. The van der Waals surface area contributed by atoms with E-state index in [1.54, 1.807) is 0 Å². The molecular weight excluding hydrogens is 258 g/mol. The molecular formula is C13H17N5O2. The van der Waals surface area contributed by atoms with Gasteiger partial charge in [-0.15, -0.1) is 0 Å². The van der Waals surface area contributed by atoms with Crippen LogP contribution in [-0.2, 0) is 11.3 Å². The predicted molar refractivity (Wildman–Crippen MR) is 77.7 cm³/mol. The molecule has 0 unspecified atom stereocenters. The predicted octanol–water partition coefficient (Wildman–Crippen LogP) is 1.21. The van der Waals surface area contributed by atoms with Crippen molar-refractivity contribution in [3.8, 4) is 0 Å². The molecule has 1 aromatic carbocycles. The minimum atomic E-state index is -0.219. The maximum absolute atomic E-state index is 11.3. The van der Waals surface area contributed by atoms with Crippen molar-refractivity contribution in [1.82, 2.24) is 19.5 Å². The SMILES string of the molecule is CCOCCCn1c(N)nc2cc3[nH]c(=O)[nH]c3cc21. The number of nitrogens with one attached hydrogen (secondary N) is 2. The summed E-state index contributed by atoms with van der Waals surface area (Å²) in [5.74, 6) is 0.478. The van der Waals surface area contributed by atoms with Crippen molar-refractivity contribution in [3.05, 3.63) is 22.6 Å². The molecule has 0 bridgehead atoms. The second-order valence-electron chi connectivity index (χ2n) is 4.64. The molecule has 7 nitrogen and oxygen atoms in total. The van der Waals surface area contributed by atoms with E-state index in [9.17, 15) is 4.79 Å². The number of aromatic nitrogens is 4. The van der Waals surface area contributed by atoms with Gasteiger partial charge < -0.3 is 25.0 Å². The van der Waals surface area contributed by atoms with Crippen LogP contribution in [0.2, 0.25) is 0 Å². The highest BCUT2D eigenvalue weighted by Crippen LogP contribution is 2.22. The zero-order chi connectivity index (χ0) is 14.1. The van der Waals surface area contributed by atoms with Crippen LogP contribution in [0.1, 0.15) is 13.3 Å². The summed E-state index contributed by atoms with van der Waals surface area (Å²) in [5, 5.41) is 0. The van der Waals surface area contributed by atoms with E-state index in [0.717, 1.165) is 35.0 Å². The van der Waals surface area contributed by atoms with Gasteiger partial charge in [0.1, 0.15) is 0 Å². The Morgan fingerprint density at radius 3 is 2.85 bits per heavy atom. The molecule has 0 fully saturated rings. The molecule has 0 aliphatic heterocycles. The van der Waals surface area contributed by atoms with Crippen molar-refractivity contribution < 1.29 is 4.74 Å². The average Bonchev–Trinajstić information content (AvgIpc) is 2.90. The van der Waals surface area contributed by atoms with Gasteiger partial charge >= 0.3 is 5.69 Å². The lowest BCUT2D eigenvalue weighted by Crippen LogP contribution is -2.06. The molecule has 20 heavy (non-hydrogen) atoms. The van der Waals surface area contributed by atoms with Gasteiger partial charge in [0, 0.05) is 19.8 Å². The summed E-state index contributed by atoms with van der Waals surface area (Å²) in [6, 6.07) is 3.73. The Labute approximate surface area is 114 Å². The van der Waals surface area contributed by atoms with E-state index in [2.05, 4.69) is 15.0 Å². The number of aromatic amines is 2. The minimum Gasteiger partial charge on any atom is -0.382 e. The van der Waals surface area contributed by atoms with Crippen LogP contribution in [0.25, 0.3) is 22.1 Å². The van der Waals surface area contributed by atoms with Crippen LogP contribution in [0, 0.1) is 0 Å². The number of H-pyrrole nitrogens is 2. The smallest absolute Gasteiger partial charge is 0.323 e. The van der Waals surface area contributed by atoms with Crippen LogP contribution in [0.5, 0.6) is 0 Å². The van der Waals surface area contributed by atoms with Crippen LogP contribution in [0.3, 0.4) is 0 Å². The summed E-state index contributed by atoms with van der Waals surface area (Å²) < 4.78 is 7.27. The largest absolute Gasteiger partial charge is 0.382 e. The third kappa shape index (κ3) is 2.16. The summed E-state index contributed by atoms with van der Waals surface area (Å²) in [6.07, 6.45) is 0.866. The van der Waals surface area contributed by atoms with Gasteiger partial charge in [0.2, 0.25) is 5.95 Å². The normalized spacial score (nSPS) is 11.7. The maximum atomic E-state index is 11.3. The highest BCUT2D eigenvalue weighted by molar-refractivity contribution is 5.92. The summed E-state index contributed by atoms with van der Waals surface area (Å²) in [6.45, 7) is 4.12. The van der Waals surface area contributed by atoms with Crippen LogP contribution in [0.15, 0.2) is 16.9 Å². The lowest BCUT2D eigenvalue weighted by molar-refractivity contribution is 0.142. The van der Waals surface area contributed by atoms with Crippen LogP contribution >= 0.6 is 0 Å². The van der Waals surface area contributed by atoms with E-state index in [4.69, 9.17) is 10.5 Å². The van der Waals surface area contributed by atoms with E-state index in [1.807, 2.05) is 23.6 Å². The summed E-state index contributed by atoms with van der Waals surface area (Å²) >= 11 is 0. The Bertz CT molecular complexity index is 798. The van der Waals surface area contributed by atoms with Gasteiger partial charge in [0.15, 0.2) is 0 Å². The molecule has 106 valence electrons. The zero-order valence-electron chi connectivity index (χ0n) is 11.3. The van der Waals surface area contributed by atoms with Gasteiger partial charge in [-0.25, -0.2) is 9.78 Å². The lowest BCUT2D eigenvalue weighted by Gasteiger charge is -2.06. The molecule has 3 aromatic rings. The average molecular weight is 275 g/mol. The Morgan fingerprint density at radius 1 is 1.35 bits per heavy atom. The molecule has 0 amide bonds. The fourth-order valence-corrected chi connectivity index (χ4v) is 2.38. The Balaban J connectivity index is 1.99. The van der Waals surface area contributed by atoms with Crippen molar-refractivity contribution in [3.63, 3.8) is 0 Å². The number of fused-ring (bicyclic) bond motifs is 2. The summed E-state index contributed by atoms with van der Waals surface area (Å²) in [7, 11) is 0. The first kappa shape index (κ1) is 12.7. The minimum absolute atomic E-state index is 0.219. The monoisotopic (exact) mass is 275 g/mol. The van der Waals surface area contributed by atoms with E-state index >= 15 is 0 Å². The van der Waals surface area contributed by atoms with Crippen LogP contribution in [-0.4, -0.2) is 32.7 Å². The molecule has 0 saturated heterocycles. The number of nitrogens with two attached hydrogens (primary N) is 1. The van der Waals surface area contributed by atoms with Crippen molar-refractivity contribution in [1.29, 1.82) is 0 Å². The number of benzene rings is 1. The van der Waals surface area contributed by atoms with Crippen molar-refractivity contribution in [2.75, 3.05) is 18.9 Å². The number of rotatable bonds is 5. The number of imidazole rings is 2. The molecule has 2 heterocycles. The van der Waals surface area contributed by atoms with Gasteiger partial charge in [-0.3, -0.25) is 0 Å². The Kier molecular flexibility index (Phi) is 3.19. The topological polar surface area (TPSA) is 102 Å². The highest BCUT2D eigenvalue weighted by Gasteiger charge is 2.10. The number of nitrogen functional groups attached to an aromatic ring is 1. The number of hydrogen-bond acceptors (Lipinski definition) is 4. The number of aryl methyl sites for hydroxylation is 1. The fourth-order valence-electron chi connectivity index (χ4n) is 2.38. The maximum Gasteiger partial charge on any atom is 0.323 e. The van der Waals surface area contributed by atoms with E-state index in [0.29, 0.717) is 19.2 Å². The van der Waals surface area contributed by atoms with Gasteiger partial charge in [-0.1, -0.05) is 0 Å². The summed E-state index contributed by atoms with van der Waals surface area (Å²) in [4.78, 5) is 21.1. The molecule has 0 spiro atoms. The number of nitrogens with zero attached hydrogens (tertiary/aromatic N) is 2. The van der Waals surface area contributed by atoms with Crippen molar-refractivity contribution >= 4 is 28.0 Å². The first-order valence-electron chi connectivity index (χ1n) is 6.64. The molecule has 2 aromatic heterocycles. The van der Waals surface area contributed by atoms with Gasteiger partial charge in [0.25, 0.3) is 0 Å². The van der Waals surface area contributed by atoms with E-state index in [-0.39, 0.29) is 5.69 Å². The third-order valence-electron chi connectivity index (χ3n) is 3.29. The molecule has 0 aliphatic carbocycles. The van der Waals surface area contributed by atoms with Gasteiger partial charge in [-0.05, 0) is 25.5 Å². The zero-order valence-corrected chi connectivity index (χ0v) is 11.3. The Hall–Kier alpha value is -2.28. The standard InChI is InChI=1S/C13H17N5O2/c1-2-20-5-3-4-18-11-7-9-8(16-13(19)17-9)6-10(11)15-12(18)14/h6-7H,2-5H2,1H3,(H2,14,15)(H2,16,17,19). The number of hydrogen-bond donors (Lipinski definition) is 3.